The lowest BCUT2D eigenvalue weighted by atomic mass is 10.2. The van der Waals surface area contributed by atoms with Crippen molar-refractivity contribution in [1.82, 2.24) is 9.97 Å². The van der Waals surface area contributed by atoms with Crippen molar-refractivity contribution < 1.29 is 18.0 Å². The number of nitrogens with zero attached hydrogens (tertiary/aromatic N) is 2. The van der Waals surface area contributed by atoms with E-state index in [4.69, 9.17) is 11.6 Å². The molecule has 9 heteroatoms. The van der Waals surface area contributed by atoms with Gasteiger partial charge < -0.3 is 10.6 Å². The van der Waals surface area contributed by atoms with Crippen molar-refractivity contribution in [3.05, 3.63) is 46.7 Å². The molecule has 1 heterocycles. The molecule has 1 aliphatic carbocycles. The van der Waals surface area contributed by atoms with Crippen LogP contribution in [0, 0.1) is 0 Å². The summed E-state index contributed by atoms with van der Waals surface area (Å²) >= 11 is 5.55. The van der Waals surface area contributed by atoms with Gasteiger partial charge in [0.1, 0.15) is 5.69 Å². The van der Waals surface area contributed by atoms with Gasteiger partial charge in [0.05, 0.1) is 10.6 Å². The SMILES string of the molecule is O=C(Nc1ccc(Cl)c(C(F)(F)F)c1)c1ccnc(NC2CC2)n1. The van der Waals surface area contributed by atoms with Crippen LogP contribution in [0.4, 0.5) is 24.8 Å². The van der Waals surface area contributed by atoms with Crippen LogP contribution in [0.3, 0.4) is 0 Å². The second kappa shape index (κ2) is 6.27. The summed E-state index contributed by atoms with van der Waals surface area (Å²) in [5, 5.41) is 4.99. The number of amides is 1. The Bertz CT molecular complexity index is 778. The lowest BCUT2D eigenvalue weighted by Crippen LogP contribution is -2.16. The third-order valence-corrected chi connectivity index (χ3v) is 3.66. The summed E-state index contributed by atoms with van der Waals surface area (Å²) in [6.45, 7) is 0. The van der Waals surface area contributed by atoms with Crippen LogP contribution < -0.4 is 10.6 Å². The summed E-state index contributed by atoms with van der Waals surface area (Å²) in [5.74, 6) is -0.316. The zero-order valence-corrected chi connectivity index (χ0v) is 12.9. The van der Waals surface area contributed by atoms with E-state index in [1.807, 2.05) is 0 Å². The Morgan fingerprint density at radius 3 is 2.67 bits per heavy atom. The quantitative estimate of drug-likeness (QED) is 0.869. The van der Waals surface area contributed by atoms with Gasteiger partial charge in [-0.1, -0.05) is 11.6 Å². The Hall–Kier alpha value is -2.35. The van der Waals surface area contributed by atoms with Crippen LogP contribution in [0.1, 0.15) is 28.9 Å². The second-order valence-electron chi connectivity index (χ2n) is 5.33. The molecule has 2 N–H and O–H groups in total. The predicted molar refractivity (Wildman–Crippen MR) is 83.1 cm³/mol. The van der Waals surface area contributed by atoms with E-state index in [-0.39, 0.29) is 11.4 Å². The van der Waals surface area contributed by atoms with Crippen molar-refractivity contribution in [2.24, 2.45) is 0 Å². The van der Waals surface area contributed by atoms with Gasteiger partial charge in [-0.25, -0.2) is 9.97 Å². The van der Waals surface area contributed by atoms with Gasteiger partial charge in [-0.3, -0.25) is 4.79 Å². The van der Waals surface area contributed by atoms with Gasteiger partial charge in [-0.15, -0.1) is 0 Å². The second-order valence-corrected chi connectivity index (χ2v) is 5.74. The highest BCUT2D eigenvalue weighted by molar-refractivity contribution is 6.31. The topological polar surface area (TPSA) is 66.9 Å². The Kier molecular flexibility index (Phi) is 4.31. The highest BCUT2D eigenvalue weighted by Crippen LogP contribution is 2.36. The minimum Gasteiger partial charge on any atom is -0.351 e. The van der Waals surface area contributed by atoms with Crippen LogP contribution in [0.2, 0.25) is 5.02 Å². The molecule has 5 nitrogen and oxygen atoms in total. The Morgan fingerprint density at radius 1 is 1.25 bits per heavy atom. The van der Waals surface area contributed by atoms with Gasteiger partial charge in [-0.05, 0) is 37.1 Å². The van der Waals surface area contributed by atoms with Crippen LogP contribution in [0.5, 0.6) is 0 Å². The average molecular weight is 357 g/mol. The van der Waals surface area contributed by atoms with Gasteiger partial charge in [0.25, 0.3) is 5.91 Å². The summed E-state index contributed by atoms with van der Waals surface area (Å²) in [5.41, 5.74) is -0.982. The van der Waals surface area contributed by atoms with Crippen molar-refractivity contribution in [1.29, 1.82) is 0 Å². The molecule has 2 aromatic rings. The molecule has 3 rings (SSSR count). The van der Waals surface area contributed by atoms with Gasteiger partial charge in [0.15, 0.2) is 0 Å². The number of rotatable bonds is 4. The molecule has 24 heavy (non-hydrogen) atoms. The average Bonchev–Trinajstić information content (AvgIpc) is 3.32. The monoisotopic (exact) mass is 356 g/mol. The normalized spacial score (nSPS) is 14.3. The van der Waals surface area contributed by atoms with E-state index in [0.717, 1.165) is 25.0 Å². The maximum Gasteiger partial charge on any atom is 0.417 e. The summed E-state index contributed by atoms with van der Waals surface area (Å²) in [6.07, 6.45) is -1.15. The predicted octanol–water partition coefficient (Wildman–Crippen LogP) is 3.98. The number of nitrogens with one attached hydrogen (secondary N) is 2. The van der Waals surface area contributed by atoms with Gasteiger partial charge in [-0.2, -0.15) is 13.2 Å². The number of aromatic nitrogens is 2. The summed E-state index contributed by atoms with van der Waals surface area (Å²) in [4.78, 5) is 20.2. The molecular weight excluding hydrogens is 345 g/mol. The number of anilines is 2. The van der Waals surface area contributed by atoms with Crippen molar-refractivity contribution in [3.8, 4) is 0 Å². The van der Waals surface area contributed by atoms with Crippen LogP contribution in [-0.4, -0.2) is 21.9 Å². The maximum absolute atomic E-state index is 12.8. The Morgan fingerprint density at radius 2 is 2.00 bits per heavy atom. The van der Waals surface area contributed by atoms with Crippen molar-refractivity contribution in [2.75, 3.05) is 10.6 Å². The van der Waals surface area contributed by atoms with Crippen molar-refractivity contribution in [3.63, 3.8) is 0 Å². The molecule has 0 radical (unpaired) electrons. The first-order valence-electron chi connectivity index (χ1n) is 7.10. The smallest absolute Gasteiger partial charge is 0.351 e. The first-order chi connectivity index (χ1) is 11.3. The van der Waals surface area contributed by atoms with Crippen LogP contribution >= 0.6 is 11.6 Å². The zero-order valence-electron chi connectivity index (χ0n) is 12.2. The van der Waals surface area contributed by atoms with Crippen LogP contribution in [0.25, 0.3) is 0 Å². The molecule has 1 aromatic carbocycles. The number of alkyl halides is 3. The van der Waals surface area contributed by atoms with Crippen LogP contribution in [0.15, 0.2) is 30.5 Å². The fraction of sp³-hybridized carbons (Fsp3) is 0.267. The Balaban J connectivity index is 1.77. The van der Waals surface area contributed by atoms with Gasteiger partial charge >= 0.3 is 6.18 Å². The van der Waals surface area contributed by atoms with Gasteiger partial charge in [0.2, 0.25) is 5.95 Å². The molecule has 1 fully saturated rings. The molecule has 0 aliphatic heterocycles. The molecule has 0 unspecified atom stereocenters. The third kappa shape index (κ3) is 3.94. The molecule has 0 atom stereocenters. The Labute approximate surface area is 140 Å². The minimum absolute atomic E-state index is 0.0213. The highest BCUT2D eigenvalue weighted by Gasteiger charge is 2.33. The van der Waals surface area contributed by atoms with Crippen molar-refractivity contribution in [2.45, 2.75) is 25.1 Å². The number of hydrogen-bond acceptors (Lipinski definition) is 4. The standard InChI is InChI=1S/C15H12ClF3N4O/c16-11-4-3-9(7-10(11)15(17,18)19)21-13(24)12-5-6-20-14(23-12)22-8-1-2-8/h3-8H,1-2H2,(H,21,24)(H,20,22,23). The van der Waals surface area contributed by atoms with E-state index < -0.39 is 22.7 Å². The molecule has 0 saturated heterocycles. The third-order valence-electron chi connectivity index (χ3n) is 3.33. The van der Waals surface area contributed by atoms with E-state index >= 15 is 0 Å². The fourth-order valence-corrected chi connectivity index (χ4v) is 2.21. The van der Waals surface area contributed by atoms with Gasteiger partial charge in [0, 0.05) is 17.9 Å². The molecule has 0 bridgehead atoms. The lowest BCUT2D eigenvalue weighted by molar-refractivity contribution is -0.137. The molecule has 1 saturated carbocycles. The molecule has 1 aliphatic rings. The van der Waals surface area contributed by atoms with Crippen LogP contribution in [-0.2, 0) is 6.18 Å². The number of hydrogen-bond donors (Lipinski definition) is 2. The zero-order chi connectivity index (χ0) is 17.3. The molecule has 1 amide bonds. The minimum atomic E-state index is -4.60. The molecule has 126 valence electrons. The highest BCUT2D eigenvalue weighted by atomic mass is 35.5. The first kappa shape index (κ1) is 16.5. The molecular formula is C15H12ClF3N4O. The first-order valence-corrected chi connectivity index (χ1v) is 7.48. The molecule has 1 aromatic heterocycles. The molecule has 0 spiro atoms. The van der Waals surface area contributed by atoms with E-state index in [9.17, 15) is 18.0 Å². The van der Waals surface area contributed by atoms with E-state index in [1.165, 1.54) is 18.3 Å². The number of carbonyl (C=O) groups is 1. The fourth-order valence-electron chi connectivity index (χ4n) is 1.98. The van der Waals surface area contributed by atoms with E-state index in [2.05, 4.69) is 20.6 Å². The number of benzene rings is 1. The summed E-state index contributed by atoms with van der Waals surface area (Å²) in [6, 6.07) is 4.85. The summed E-state index contributed by atoms with van der Waals surface area (Å²) in [7, 11) is 0. The number of carbonyl (C=O) groups excluding carboxylic acids is 1. The maximum atomic E-state index is 12.8. The van der Waals surface area contributed by atoms with Crippen molar-refractivity contribution >= 4 is 29.1 Å². The van der Waals surface area contributed by atoms with E-state index in [0.29, 0.717) is 12.0 Å². The largest absolute Gasteiger partial charge is 0.417 e. The van der Waals surface area contributed by atoms with E-state index in [1.54, 1.807) is 0 Å². The lowest BCUT2D eigenvalue weighted by Gasteiger charge is -2.12. The number of halogens is 4. The summed E-state index contributed by atoms with van der Waals surface area (Å²) < 4.78 is 38.5.